The summed E-state index contributed by atoms with van der Waals surface area (Å²) in [4.78, 5) is 2.13. The van der Waals surface area contributed by atoms with Crippen LogP contribution in [-0.2, 0) is 0 Å². The van der Waals surface area contributed by atoms with Gasteiger partial charge in [-0.15, -0.1) is 0 Å². The van der Waals surface area contributed by atoms with E-state index in [0.29, 0.717) is 16.7 Å². The lowest BCUT2D eigenvalue weighted by Crippen LogP contribution is -2.07. The number of anilines is 2. The molecule has 3 nitrogen and oxygen atoms in total. The van der Waals surface area contributed by atoms with Crippen LogP contribution in [0.25, 0.3) is 24.3 Å². The molecule has 0 heterocycles. The molecule has 6 rings (SSSR count). The first kappa shape index (κ1) is 40.6. The molecule has 0 atom stereocenters. The molecule has 55 heavy (non-hydrogen) atoms. The quantitative estimate of drug-likeness (QED) is 0.111. The Bertz CT molecular complexity index is 2240. The topological polar surface area (TPSA) is 50.8 Å². The largest absolute Gasteiger partial charge is 0.317 e. The van der Waals surface area contributed by atoms with Gasteiger partial charge in [-0.3, -0.25) is 0 Å². The number of hydrogen-bond donors (Lipinski definition) is 0. The van der Waals surface area contributed by atoms with Crippen molar-refractivity contribution in [3.05, 3.63) is 238 Å². The molecule has 0 bridgehead atoms. The second-order valence-electron chi connectivity index (χ2n) is 12.7. The van der Waals surface area contributed by atoms with Crippen LogP contribution in [0.3, 0.4) is 0 Å². The third-order valence-electron chi connectivity index (χ3n) is 8.30. The van der Waals surface area contributed by atoms with E-state index in [-0.39, 0.29) is 0 Å². The molecule has 6 aromatic rings. The number of para-hydroxylation sites is 1. The summed E-state index contributed by atoms with van der Waals surface area (Å²) in [7, 11) is 0. The van der Waals surface area contributed by atoms with Crippen LogP contribution in [0.15, 0.2) is 188 Å². The summed E-state index contributed by atoms with van der Waals surface area (Å²) in [6.07, 6.45) is 19.7. The Morgan fingerprint density at radius 2 is 0.836 bits per heavy atom. The zero-order chi connectivity index (χ0) is 39.1. The van der Waals surface area contributed by atoms with Crippen molar-refractivity contribution in [2.24, 2.45) is 0 Å². The van der Waals surface area contributed by atoms with Crippen molar-refractivity contribution < 1.29 is 0 Å². The summed E-state index contributed by atoms with van der Waals surface area (Å²) >= 11 is 0. The van der Waals surface area contributed by atoms with Crippen LogP contribution >= 0.6 is 0 Å². The number of nitriles is 2. The smallest absolute Gasteiger partial charge is 0.0998 e. The maximum Gasteiger partial charge on any atom is 0.0998 e. The lowest BCUT2D eigenvalue weighted by molar-refractivity contribution is 1.28. The molecule has 0 saturated heterocycles. The Kier molecular flexibility index (Phi) is 16.7. The lowest BCUT2D eigenvalue weighted by Gasteiger charge is -2.20. The highest BCUT2D eigenvalue weighted by Gasteiger charge is 2.08. The Hall–Kier alpha value is -7.20. The predicted molar refractivity (Wildman–Crippen MR) is 235 cm³/mol. The molecule has 0 N–H and O–H groups in total. The van der Waals surface area contributed by atoms with Gasteiger partial charge in [0.2, 0.25) is 0 Å². The van der Waals surface area contributed by atoms with Gasteiger partial charge in [0, 0.05) is 17.6 Å². The van der Waals surface area contributed by atoms with Gasteiger partial charge in [-0.05, 0) is 92.4 Å². The van der Waals surface area contributed by atoms with E-state index in [1.807, 2.05) is 166 Å². The van der Waals surface area contributed by atoms with E-state index in [4.69, 9.17) is 0 Å². The van der Waals surface area contributed by atoms with Crippen LogP contribution < -0.4 is 4.90 Å². The maximum absolute atomic E-state index is 9.83. The van der Waals surface area contributed by atoms with Gasteiger partial charge in [0.25, 0.3) is 0 Å². The van der Waals surface area contributed by atoms with Gasteiger partial charge >= 0.3 is 0 Å². The molecule has 6 aromatic carbocycles. The average Bonchev–Trinajstić information content (AvgIpc) is 3.23. The second-order valence-corrected chi connectivity index (χ2v) is 12.7. The highest BCUT2D eigenvalue weighted by Crippen LogP contribution is 2.27. The minimum atomic E-state index is 0.520. The summed E-state index contributed by atoms with van der Waals surface area (Å²) in [5.41, 5.74) is 10.4. The van der Waals surface area contributed by atoms with Crippen molar-refractivity contribution in [3.63, 3.8) is 0 Å². The number of allylic oxidation sites excluding steroid dienone is 5. The van der Waals surface area contributed by atoms with Gasteiger partial charge in [0.05, 0.1) is 23.3 Å². The molecule has 0 spiro atoms. The van der Waals surface area contributed by atoms with Gasteiger partial charge in [0.15, 0.2) is 0 Å². The molecule has 0 aliphatic carbocycles. The van der Waals surface area contributed by atoms with E-state index < -0.39 is 0 Å². The number of rotatable bonds is 9. The standard InChI is InChI=1S/C38H31N3.2C7H8/c1-3-4-5-6-10-25-41(37-11-8-7-9-12-37)38-23-19-32(20-24-38)18-22-34-27-35(28-39)33(26-36(34)29-40)21-17-31-15-13-30(2)14-16-31;2*1-7-5-3-2-4-6-7/h3-27H,1-2H3;2*2-6H,1H3/b4-3-,6-5-,21-17+,22-18+,25-10+;;. The number of benzene rings is 6. The van der Waals surface area contributed by atoms with Crippen molar-refractivity contribution in [2.75, 3.05) is 4.90 Å². The third kappa shape index (κ3) is 14.0. The molecule has 0 aliphatic heterocycles. The average molecular weight is 714 g/mol. The number of hydrogen-bond acceptors (Lipinski definition) is 3. The second kappa shape index (κ2) is 22.7. The van der Waals surface area contributed by atoms with E-state index in [0.717, 1.165) is 28.1 Å². The summed E-state index contributed by atoms with van der Waals surface area (Å²) < 4.78 is 0. The van der Waals surface area contributed by atoms with Gasteiger partial charge < -0.3 is 4.90 Å². The van der Waals surface area contributed by atoms with Crippen LogP contribution in [0.4, 0.5) is 11.4 Å². The van der Waals surface area contributed by atoms with E-state index in [2.05, 4.69) is 79.4 Å². The molecular weight excluding hydrogens is 667 g/mol. The molecular formula is C52H47N3. The third-order valence-corrected chi connectivity index (χ3v) is 8.30. The van der Waals surface area contributed by atoms with Gasteiger partial charge in [0.1, 0.15) is 0 Å². The molecule has 0 unspecified atom stereocenters. The van der Waals surface area contributed by atoms with E-state index in [1.165, 1.54) is 16.7 Å². The Balaban J connectivity index is 0.000000398. The molecule has 0 fully saturated rings. The van der Waals surface area contributed by atoms with E-state index >= 15 is 0 Å². The minimum absolute atomic E-state index is 0.520. The maximum atomic E-state index is 9.83. The minimum Gasteiger partial charge on any atom is -0.317 e. The molecule has 0 aliphatic rings. The highest BCUT2D eigenvalue weighted by atomic mass is 15.1. The van der Waals surface area contributed by atoms with Crippen molar-refractivity contribution in [1.82, 2.24) is 0 Å². The summed E-state index contributed by atoms with van der Waals surface area (Å²) in [6, 6.07) is 55.2. The van der Waals surface area contributed by atoms with Crippen molar-refractivity contribution >= 4 is 35.7 Å². The Labute approximate surface area is 328 Å². The van der Waals surface area contributed by atoms with Crippen LogP contribution in [-0.4, -0.2) is 0 Å². The molecule has 0 saturated carbocycles. The Morgan fingerprint density at radius 1 is 0.436 bits per heavy atom. The van der Waals surface area contributed by atoms with E-state index in [9.17, 15) is 10.5 Å². The first-order valence-corrected chi connectivity index (χ1v) is 18.2. The number of aryl methyl sites for hydroxylation is 3. The van der Waals surface area contributed by atoms with Gasteiger partial charge in [-0.1, -0.05) is 181 Å². The van der Waals surface area contributed by atoms with Crippen LogP contribution in [0.2, 0.25) is 0 Å². The molecule has 0 aromatic heterocycles. The molecule has 3 heteroatoms. The van der Waals surface area contributed by atoms with Gasteiger partial charge in [-0.25, -0.2) is 0 Å². The monoisotopic (exact) mass is 713 g/mol. The summed E-state index contributed by atoms with van der Waals surface area (Å²) in [5.74, 6) is 0. The summed E-state index contributed by atoms with van der Waals surface area (Å²) in [6.45, 7) is 8.20. The first-order chi connectivity index (χ1) is 26.9. The molecule has 270 valence electrons. The fourth-order valence-corrected chi connectivity index (χ4v) is 5.25. The lowest BCUT2D eigenvalue weighted by atomic mass is 9.97. The van der Waals surface area contributed by atoms with Crippen molar-refractivity contribution in [3.8, 4) is 12.1 Å². The fraction of sp³-hybridized carbons (Fsp3) is 0.0769. The summed E-state index contributed by atoms with van der Waals surface area (Å²) in [5, 5.41) is 19.6. The number of nitrogens with zero attached hydrogens (tertiary/aromatic N) is 3. The van der Waals surface area contributed by atoms with Gasteiger partial charge in [-0.2, -0.15) is 10.5 Å². The first-order valence-electron chi connectivity index (χ1n) is 18.2. The fourth-order valence-electron chi connectivity index (χ4n) is 5.25. The zero-order valence-electron chi connectivity index (χ0n) is 32.0. The zero-order valence-corrected chi connectivity index (χ0v) is 32.0. The predicted octanol–water partition coefficient (Wildman–Crippen LogP) is 13.9. The van der Waals surface area contributed by atoms with Crippen LogP contribution in [0.5, 0.6) is 0 Å². The normalized spacial score (nSPS) is 10.9. The Morgan fingerprint density at radius 3 is 1.25 bits per heavy atom. The molecule has 0 radical (unpaired) electrons. The highest BCUT2D eigenvalue weighted by molar-refractivity contribution is 5.79. The van der Waals surface area contributed by atoms with Crippen molar-refractivity contribution in [2.45, 2.75) is 27.7 Å². The van der Waals surface area contributed by atoms with Crippen molar-refractivity contribution in [1.29, 1.82) is 10.5 Å². The molecule has 0 amide bonds. The van der Waals surface area contributed by atoms with E-state index in [1.54, 1.807) is 12.1 Å². The van der Waals surface area contributed by atoms with Crippen LogP contribution in [0.1, 0.15) is 57.0 Å². The van der Waals surface area contributed by atoms with Crippen LogP contribution in [0, 0.1) is 43.4 Å². The SMILES string of the molecule is C\C=C/C=C\C=C\N(c1ccccc1)c1ccc(/C=C/c2cc(C#N)c(/C=C/c3ccc(C)cc3)cc2C#N)cc1.Cc1ccccc1.Cc1ccccc1.